The van der Waals surface area contributed by atoms with Crippen molar-refractivity contribution in [2.45, 2.75) is 70.9 Å². The van der Waals surface area contributed by atoms with Crippen molar-refractivity contribution in [1.82, 2.24) is 10.2 Å². The topological polar surface area (TPSA) is 69.6 Å². The van der Waals surface area contributed by atoms with Crippen LogP contribution >= 0.6 is 0 Å². The summed E-state index contributed by atoms with van der Waals surface area (Å²) >= 11 is 0. The van der Waals surface area contributed by atoms with Crippen LogP contribution in [0.1, 0.15) is 58.8 Å². The standard InChI is InChI=1S/C16H28N2O3/c1-16(2)9-8-13(10-16)18(3)15(21)17-12-6-4-11(5-7-12)14(19)20/h11-13H,4-10H2,1-3H3,(H,17,21)(H,19,20). The van der Waals surface area contributed by atoms with Crippen molar-refractivity contribution in [2.24, 2.45) is 11.3 Å². The molecule has 2 aliphatic rings. The smallest absolute Gasteiger partial charge is 0.317 e. The molecule has 21 heavy (non-hydrogen) atoms. The molecule has 2 amide bonds. The Labute approximate surface area is 127 Å². The lowest BCUT2D eigenvalue weighted by Crippen LogP contribution is -2.48. The van der Waals surface area contributed by atoms with Gasteiger partial charge in [-0.3, -0.25) is 4.79 Å². The largest absolute Gasteiger partial charge is 0.481 e. The van der Waals surface area contributed by atoms with Gasteiger partial charge in [0.05, 0.1) is 5.92 Å². The van der Waals surface area contributed by atoms with Crippen molar-refractivity contribution in [2.75, 3.05) is 7.05 Å². The van der Waals surface area contributed by atoms with E-state index in [2.05, 4.69) is 19.2 Å². The average molecular weight is 296 g/mol. The summed E-state index contributed by atoms with van der Waals surface area (Å²) in [4.78, 5) is 25.1. The number of aliphatic carboxylic acids is 1. The molecule has 2 N–H and O–H groups in total. The molecule has 1 unspecified atom stereocenters. The number of hydrogen-bond donors (Lipinski definition) is 2. The first-order chi connectivity index (χ1) is 9.78. The molecule has 2 fully saturated rings. The first-order valence-electron chi connectivity index (χ1n) is 8.04. The molecular formula is C16H28N2O3. The Morgan fingerprint density at radius 3 is 2.24 bits per heavy atom. The van der Waals surface area contributed by atoms with Gasteiger partial charge in [-0.25, -0.2) is 4.79 Å². The lowest BCUT2D eigenvalue weighted by Gasteiger charge is -2.31. The second-order valence-electron chi connectivity index (χ2n) is 7.51. The van der Waals surface area contributed by atoms with Crippen molar-refractivity contribution in [1.29, 1.82) is 0 Å². The fourth-order valence-corrected chi connectivity index (χ4v) is 3.66. The quantitative estimate of drug-likeness (QED) is 0.841. The van der Waals surface area contributed by atoms with Gasteiger partial charge in [0.1, 0.15) is 0 Å². The number of nitrogens with one attached hydrogen (secondary N) is 1. The van der Waals surface area contributed by atoms with E-state index in [9.17, 15) is 9.59 Å². The second kappa shape index (κ2) is 6.24. The molecule has 0 saturated heterocycles. The van der Waals surface area contributed by atoms with Crippen LogP contribution in [-0.4, -0.2) is 41.1 Å². The summed E-state index contributed by atoms with van der Waals surface area (Å²) < 4.78 is 0. The van der Waals surface area contributed by atoms with Gasteiger partial charge in [-0.05, 0) is 50.4 Å². The van der Waals surface area contributed by atoms with Gasteiger partial charge in [-0.1, -0.05) is 13.8 Å². The molecule has 1 atom stereocenters. The van der Waals surface area contributed by atoms with Gasteiger partial charge in [0, 0.05) is 19.1 Å². The zero-order valence-electron chi connectivity index (χ0n) is 13.4. The maximum absolute atomic E-state index is 12.3. The van der Waals surface area contributed by atoms with E-state index in [-0.39, 0.29) is 18.0 Å². The molecule has 0 aromatic heterocycles. The van der Waals surface area contributed by atoms with Crippen LogP contribution in [0.3, 0.4) is 0 Å². The molecule has 2 aliphatic carbocycles. The van der Waals surface area contributed by atoms with E-state index >= 15 is 0 Å². The average Bonchev–Trinajstić information content (AvgIpc) is 2.78. The number of nitrogens with zero attached hydrogens (tertiary/aromatic N) is 1. The number of amides is 2. The van der Waals surface area contributed by atoms with E-state index in [0.717, 1.165) is 25.7 Å². The third kappa shape index (κ3) is 4.11. The van der Waals surface area contributed by atoms with Crippen LogP contribution in [0, 0.1) is 11.3 Å². The number of carbonyl (C=O) groups is 2. The van der Waals surface area contributed by atoms with Gasteiger partial charge in [-0.15, -0.1) is 0 Å². The van der Waals surface area contributed by atoms with E-state index in [4.69, 9.17) is 5.11 Å². The molecule has 2 rings (SSSR count). The van der Waals surface area contributed by atoms with Crippen LogP contribution in [0.2, 0.25) is 0 Å². The van der Waals surface area contributed by atoms with Crippen molar-refractivity contribution >= 4 is 12.0 Å². The van der Waals surface area contributed by atoms with E-state index in [0.29, 0.717) is 24.3 Å². The Morgan fingerprint density at radius 2 is 1.76 bits per heavy atom. The number of urea groups is 1. The summed E-state index contributed by atoms with van der Waals surface area (Å²) in [7, 11) is 1.88. The molecule has 0 spiro atoms. The molecule has 0 aliphatic heterocycles. The minimum Gasteiger partial charge on any atom is -0.481 e. The predicted octanol–water partition coefficient (Wildman–Crippen LogP) is 2.85. The minimum absolute atomic E-state index is 0.00326. The number of carboxylic acid groups (broad SMARTS) is 1. The Balaban J connectivity index is 1.78. The van der Waals surface area contributed by atoms with Gasteiger partial charge in [0.25, 0.3) is 0 Å². The van der Waals surface area contributed by atoms with E-state index < -0.39 is 5.97 Å². The van der Waals surface area contributed by atoms with Gasteiger partial charge < -0.3 is 15.3 Å². The number of hydrogen-bond acceptors (Lipinski definition) is 2. The van der Waals surface area contributed by atoms with E-state index in [1.54, 1.807) is 0 Å². The Kier molecular flexibility index (Phi) is 4.79. The maximum atomic E-state index is 12.3. The summed E-state index contributed by atoms with van der Waals surface area (Å²) in [6, 6.07) is 0.455. The van der Waals surface area contributed by atoms with Crippen molar-refractivity contribution in [3.63, 3.8) is 0 Å². The van der Waals surface area contributed by atoms with Crippen LogP contribution in [-0.2, 0) is 4.79 Å². The normalized spacial score (nSPS) is 31.7. The third-order valence-electron chi connectivity index (χ3n) is 5.21. The fourth-order valence-electron chi connectivity index (χ4n) is 3.66. The molecule has 0 radical (unpaired) electrons. The first-order valence-corrected chi connectivity index (χ1v) is 8.04. The van der Waals surface area contributed by atoms with E-state index in [1.807, 2.05) is 11.9 Å². The number of carboxylic acids is 1. The molecule has 0 bridgehead atoms. The highest BCUT2D eigenvalue weighted by Crippen LogP contribution is 2.39. The Morgan fingerprint density at radius 1 is 1.14 bits per heavy atom. The highest BCUT2D eigenvalue weighted by Gasteiger charge is 2.35. The summed E-state index contributed by atoms with van der Waals surface area (Å²) in [6.45, 7) is 4.51. The third-order valence-corrected chi connectivity index (χ3v) is 5.21. The SMILES string of the molecule is CN(C(=O)NC1CCC(C(=O)O)CC1)C1CCC(C)(C)C1. The lowest BCUT2D eigenvalue weighted by molar-refractivity contribution is -0.142. The summed E-state index contributed by atoms with van der Waals surface area (Å²) in [6.07, 6.45) is 6.17. The lowest BCUT2D eigenvalue weighted by atomic mass is 9.86. The van der Waals surface area contributed by atoms with Gasteiger partial charge in [0.15, 0.2) is 0 Å². The highest BCUT2D eigenvalue weighted by atomic mass is 16.4. The summed E-state index contributed by atoms with van der Waals surface area (Å²) in [5.74, 6) is -0.934. The Hall–Kier alpha value is -1.26. The van der Waals surface area contributed by atoms with Gasteiger partial charge in [-0.2, -0.15) is 0 Å². The highest BCUT2D eigenvalue weighted by molar-refractivity contribution is 5.75. The molecule has 120 valence electrons. The van der Waals surface area contributed by atoms with Crippen LogP contribution in [0.15, 0.2) is 0 Å². The number of carbonyl (C=O) groups excluding carboxylic acids is 1. The van der Waals surface area contributed by atoms with Crippen LogP contribution in [0.4, 0.5) is 4.79 Å². The molecule has 5 nitrogen and oxygen atoms in total. The molecular weight excluding hydrogens is 268 g/mol. The zero-order valence-corrected chi connectivity index (χ0v) is 13.4. The van der Waals surface area contributed by atoms with Gasteiger partial charge in [0.2, 0.25) is 0 Å². The van der Waals surface area contributed by atoms with Crippen LogP contribution < -0.4 is 5.32 Å². The van der Waals surface area contributed by atoms with Gasteiger partial charge >= 0.3 is 12.0 Å². The van der Waals surface area contributed by atoms with Crippen LogP contribution in [0.5, 0.6) is 0 Å². The molecule has 2 saturated carbocycles. The minimum atomic E-state index is -0.704. The monoisotopic (exact) mass is 296 g/mol. The first kappa shape index (κ1) is 16.1. The van der Waals surface area contributed by atoms with E-state index in [1.165, 1.54) is 6.42 Å². The zero-order chi connectivity index (χ0) is 15.6. The van der Waals surface area contributed by atoms with Crippen molar-refractivity contribution in [3.05, 3.63) is 0 Å². The molecule has 5 heteroatoms. The Bertz CT molecular complexity index is 400. The summed E-state index contributed by atoms with van der Waals surface area (Å²) in [5.41, 5.74) is 0.332. The van der Waals surface area contributed by atoms with Crippen molar-refractivity contribution in [3.8, 4) is 0 Å². The molecule has 0 aromatic carbocycles. The molecule has 0 aromatic rings. The maximum Gasteiger partial charge on any atom is 0.317 e. The second-order valence-corrected chi connectivity index (χ2v) is 7.51. The fraction of sp³-hybridized carbons (Fsp3) is 0.875. The van der Waals surface area contributed by atoms with Crippen LogP contribution in [0.25, 0.3) is 0 Å². The van der Waals surface area contributed by atoms with Crippen molar-refractivity contribution < 1.29 is 14.7 Å². The predicted molar refractivity (Wildman–Crippen MR) is 81.1 cm³/mol. The number of rotatable bonds is 3. The summed E-state index contributed by atoms with van der Waals surface area (Å²) in [5, 5.41) is 12.1. The molecule has 0 heterocycles.